The fourth-order valence-corrected chi connectivity index (χ4v) is 3.65. The summed E-state index contributed by atoms with van der Waals surface area (Å²) in [5.41, 5.74) is 2.69. The number of furan rings is 1. The monoisotopic (exact) mass is 415 g/mol. The Bertz CT molecular complexity index is 1080. The van der Waals surface area contributed by atoms with Crippen LogP contribution in [0.4, 0.5) is 11.4 Å². The maximum absolute atomic E-state index is 12.5. The minimum absolute atomic E-state index is 0.0970. The number of piperazine rings is 1. The molecule has 1 aliphatic rings. The number of nitrogens with zero attached hydrogens (tertiary/aromatic N) is 2. The third-order valence-electron chi connectivity index (χ3n) is 5.31. The molecule has 0 radical (unpaired) electrons. The third-order valence-corrected chi connectivity index (χ3v) is 5.31. The maximum atomic E-state index is 12.5. The molecule has 0 aliphatic carbocycles. The van der Waals surface area contributed by atoms with Gasteiger partial charge in [-0.2, -0.15) is 0 Å². The highest BCUT2D eigenvalue weighted by molar-refractivity contribution is 6.03. The third kappa shape index (κ3) is 5.04. The van der Waals surface area contributed by atoms with Crippen LogP contribution in [0.15, 0.2) is 77.2 Å². The summed E-state index contributed by atoms with van der Waals surface area (Å²) in [6.45, 7) is 4.42. The minimum Gasteiger partial charge on any atom is -0.457 e. The zero-order chi connectivity index (χ0) is 21.6. The normalized spacial score (nSPS) is 14.1. The number of benzene rings is 2. The van der Waals surface area contributed by atoms with Crippen LogP contribution < -0.4 is 10.2 Å². The summed E-state index contributed by atoms with van der Waals surface area (Å²) < 4.78 is 5.81. The smallest absolute Gasteiger partial charge is 0.248 e. The molecule has 2 amide bonds. The molecule has 4 rings (SSSR count). The lowest BCUT2D eigenvalue weighted by Crippen LogP contribution is -2.48. The van der Waals surface area contributed by atoms with E-state index in [1.807, 2.05) is 71.6 Å². The largest absolute Gasteiger partial charge is 0.457 e. The van der Waals surface area contributed by atoms with E-state index in [-0.39, 0.29) is 11.8 Å². The van der Waals surface area contributed by atoms with Gasteiger partial charge in [-0.25, -0.2) is 0 Å². The van der Waals surface area contributed by atoms with Gasteiger partial charge in [0.2, 0.25) is 11.8 Å². The van der Waals surface area contributed by atoms with Crippen LogP contribution in [0.2, 0.25) is 0 Å². The Labute approximate surface area is 181 Å². The van der Waals surface area contributed by atoms with Gasteiger partial charge in [-0.15, -0.1) is 0 Å². The molecule has 1 saturated heterocycles. The topological polar surface area (TPSA) is 65.8 Å². The van der Waals surface area contributed by atoms with Crippen molar-refractivity contribution in [2.45, 2.75) is 6.92 Å². The van der Waals surface area contributed by atoms with Crippen molar-refractivity contribution in [2.24, 2.45) is 0 Å². The second kappa shape index (κ2) is 9.34. The molecule has 6 nitrogen and oxygen atoms in total. The molecule has 1 fully saturated rings. The zero-order valence-electron chi connectivity index (χ0n) is 17.5. The molecule has 0 unspecified atom stereocenters. The predicted octanol–water partition coefficient (Wildman–Crippen LogP) is 4.27. The van der Waals surface area contributed by atoms with Gasteiger partial charge < -0.3 is 19.5 Å². The molecule has 0 atom stereocenters. The van der Waals surface area contributed by atoms with Crippen molar-refractivity contribution < 1.29 is 14.0 Å². The molecule has 31 heavy (non-hydrogen) atoms. The second-order valence-corrected chi connectivity index (χ2v) is 7.40. The van der Waals surface area contributed by atoms with Gasteiger partial charge in [0.15, 0.2) is 0 Å². The van der Waals surface area contributed by atoms with Gasteiger partial charge in [-0.05, 0) is 30.3 Å². The van der Waals surface area contributed by atoms with Gasteiger partial charge in [0.05, 0.1) is 11.4 Å². The first-order chi connectivity index (χ1) is 15.1. The number of para-hydroxylation sites is 2. The minimum atomic E-state index is -0.229. The maximum Gasteiger partial charge on any atom is 0.248 e. The number of carbonyl (C=O) groups excluding carboxylic acids is 2. The predicted molar refractivity (Wildman–Crippen MR) is 123 cm³/mol. The number of rotatable bonds is 5. The summed E-state index contributed by atoms with van der Waals surface area (Å²) in [6.07, 6.45) is 3.13. The van der Waals surface area contributed by atoms with Crippen molar-refractivity contribution >= 4 is 29.3 Å². The number of hydrogen-bond donors (Lipinski definition) is 1. The highest BCUT2D eigenvalue weighted by atomic mass is 16.3. The summed E-state index contributed by atoms with van der Waals surface area (Å²) in [4.78, 5) is 28.1. The van der Waals surface area contributed by atoms with Crippen molar-refractivity contribution in [1.82, 2.24) is 4.90 Å². The Morgan fingerprint density at radius 2 is 1.61 bits per heavy atom. The molecule has 0 saturated carbocycles. The summed E-state index contributed by atoms with van der Waals surface area (Å²) in [5, 5.41) is 2.96. The first-order valence-electron chi connectivity index (χ1n) is 10.3. The van der Waals surface area contributed by atoms with E-state index in [9.17, 15) is 9.59 Å². The molecule has 1 N–H and O–H groups in total. The Morgan fingerprint density at radius 3 is 2.35 bits per heavy atom. The number of anilines is 2. The Balaban J connectivity index is 1.40. The average Bonchev–Trinajstić information content (AvgIpc) is 3.28. The lowest BCUT2D eigenvalue weighted by Gasteiger charge is -2.36. The van der Waals surface area contributed by atoms with E-state index < -0.39 is 0 Å². The lowest BCUT2D eigenvalue weighted by atomic mass is 10.2. The summed E-state index contributed by atoms with van der Waals surface area (Å²) >= 11 is 0. The van der Waals surface area contributed by atoms with Crippen molar-refractivity contribution in [2.75, 3.05) is 36.4 Å². The SMILES string of the molecule is CC(=O)N1CCN(c2ccccc2NC(=O)/C=C/c2ccc(-c3ccccc3)o2)CC1. The van der Waals surface area contributed by atoms with Gasteiger partial charge in [-0.1, -0.05) is 42.5 Å². The summed E-state index contributed by atoms with van der Waals surface area (Å²) in [6, 6.07) is 21.3. The van der Waals surface area contributed by atoms with Gasteiger partial charge in [0.1, 0.15) is 11.5 Å². The van der Waals surface area contributed by atoms with E-state index in [0.29, 0.717) is 18.8 Å². The number of hydrogen-bond acceptors (Lipinski definition) is 4. The van der Waals surface area contributed by atoms with Crippen LogP contribution in [-0.2, 0) is 9.59 Å². The van der Waals surface area contributed by atoms with Crippen LogP contribution in [0.1, 0.15) is 12.7 Å². The number of amides is 2. The highest BCUT2D eigenvalue weighted by Crippen LogP contribution is 2.27. The van der Waals surface area contributed by atoms with Gasteiger partial charge in [-0.3, -0.25) is 9.59 Å². The van der Waals surface area contributed by atoms with Gasteiger partial charge in [0.25, 0.3) is 0 Å². The van der Waals surface area contributed by atoms with E-state index in [2.05, 4.69) is 10.2 Å². The van der Waals surface area contributed by atoms with E-state index in [4.69, 9.17) is 4.42 Å². The Kier molecular flexibility index (Phi) is 6.17. The quantitative estimate of drug-likeness (QED) is 0.632. The average molecular weight is 415 g/mol. The van der Waals surface area contributed by atoms with Crippen LogP contribution in [-0.4, -0.2) is 42.9 Å². The molecule has 2 heterocycles. The molecular formula is C25H25N3O3. The lowest BCUT2D eigenvalue weighted by molar-refractivity contribution is -0.129. The Morgan fingerprint density at radius 1 is 0.903 bits per heavy atom. The summed E-state index contributed by atoms with van der Waals surface area (Å²) in [7, 11) is 0. The molecule has 1 aliphatic heterocycles. The van der Waals surface area contributed by atoms with Crippen LogP contribution >= 0.6 is 0 Å². The standard InChI is InChI=1S/C25H25N3O3/c1-19(29)27-15-17-28(18-16-27)23-10-6-5-9-22(23)26-25(30)14-12-21-11-13-24(31-21)20-7-3-2-4-8-20/h2-14H,15-18H2,1H3,(H,26,30)/b14-12+. The van der Waals surface area contributed by atoms with Crippen molar-refractivity contribution in [3.05, 3.63) is 78.6 Å². The molecule has 1 aromatic heterocycles. The highest BCUT2D eigenvalue weighted by Gasteiger charge is 2.20. The first-order valence-corrected chi connectivity index (χ1v) is 10.3. The van der Waals surface area contributed by atoms with E-state index in [1.54, 1.807) is 13.0 Å². The zero-order valence-corrected chi connectivity index (χ0v) is 17.5. The van der Waals surface area contributed by atoms with Crippen LogP contribution in [0.25, 0.3) is 17.4 Å². The molecule has 2 aromatic carbocycles. The number of carbonyl (C=O) groups is 2. The molecule has 6 heteroatoms. The van der Waals surface area contributed by atoms with Crippen LogP contribution in [0.5, 0.6) is 0 Å². The van der Waals surface area contributed by atoms with Crippen molar-refractivity contribution in [3.8, 4) is 11.3 Å². The molecule has 3 aromatic rings. The summed E-state index contributed by atoms with van der Waals surface area (Å²) in [5.74, 6) is 1.24. The van der Waals surface area contributed by atoms with E-state index >= 15 is 0 Å². The van der Waals surface area contributed by atoms with Crippen LogP contribution in [0, 0.1) is 0 Å². The molecule has 0 spiro atoms. The molecule has 0 bridgehead atoms. The van der Waals surface area contributed by atoms with Gasteiger partial charge >= 0.3 is 0 Å². The second-order valence-electron chi connectivity index (χ2n) is 7.40. The van der Waals surface area contributed by atoms with Crippen molar-refractivity contribution in [3.63, 3.8) is 0 Å². The number of nitrogens with one attached hydrogen (secondary N) is 1. The van der Waals surface area contributed by atoms with Gasteiger partial charge in [0, 0.05) is 44.7 Å². The fourth-order valence-electron chi connectivity index (χ4n) is 3.65. The van der Waals surface area contributed by atoms with E-state index in [0.717, 1.165) is 35.8 Å². The molecule has 158 valence electrons. The van der Waals surface area contributed by atoms with E-state index in [1.165, 1.54) is 6.08 Å². The van der Waals surface area contributed by atoms with Crippen LogP contribution in [0.3, 0.4) is 0 Å². The van der Waals surface area contributed by atoms with Crippen molar-refractivity contribution in [1.29, 1.82) is 0 Å². The fraction of sp³-hybridized carbons (Fsp3) is 0.200. The first kappa shape index (κ1) is 20.5. The molecular weight excluding hydrogens is 390 g/mol. The Hall–Kier alpha value is -3.80.